The predicted octanol–water partition coefficient (Wildman–Crippen LogP) is 4.47. The Hall–Kier alpha value is -0.970. The first-order chi connectivity index (χ1) is 9.13. The monoisotopic (exact) mass is 330 g/mol. The maximum absolute atomic E-state index is 10.1. The summed E-state index contributed by atoms with van der Waals surface area (Å²) in [6, 6.07) is 7.20. The van der Waals surface area contributed by atoms with Gasteiger partial charge in [-0.25, -0.2) is 0 Å². The Morgan fingerprint density at radius 1 is 1.16 bits per heavy atom. The molecule has 0 amide bonds. The van der Waals surface area contributed by atoms with Gasteiger partial charge in [0, 0.05) is 23.2 Å². The lowest BCUT2D eigenvalue weighted by Crippen LogP contribution is -2.11. The van der Waals surface area contributed by atoms with Crippen LogP contribution in [0.5, 0.6) is 0 Å². The summed E-state index contributed by atoms with van der Waals surface area (Å²) in [5.74, 6) is 0. The average molecular weight is 331 g/mol. The zero-order valence-corrected chi connectivity index (χ0v) is 13.5. The van der Waals surface area contributed by atoms with Gasteiger partial charge in [-0.3, -0.25) is 4.79 Å². The molecule has 0 aromatic heterocycles. The van der Waals surface area contributed by atoms with Crippen LogP contribution in [0.15, 0.2) is 41.9 Å². The Labute approximate surface area is 124 Å². The molecule has 0 spiro atoms. The first kappa shape index (κ1) is 20.3. The molecule has 0 unspecified atom stereocenters. The lowest BCUT2D eigenvalue weighted by atomic mass is 10.2. The fourth-order valence-electron chi connectivity index (χ4n) is 1.06. The van der Waals surface area contributed by atoms with E-state index in [0.717, 1.165) is 24.0 Å². The second-order valence-electron chi connectivity index (χ2n) is 3.15. The number of aldehydes is 1. The van der Waals surface area contributed by atoms with Gasteiger partial charge in [-0.15, -0.1) is 13.2 Å². The van der Waals surface area contributed by atoms with Crippen LogP contribution in [0.3, 0.4) is 0 Å². The number of carbonyl (C=O) groups excluding carboxylic acids is 1. The summed E-state index contributed by atoms with van der Waals surface area (Å²) in [7, 11) is 0. The molecule has 0 heterocycles. The van der Waals surface area contributed by atoms with E-state index in [9.17, 15) is 4.79 Å². The Kier molecular flexibility index (Phi) is 16.2. The summed E-state index contributed by atoms with van der Waals surface area (Å²) in [4.78, 5) is 10.1. The van der Waals surface area contributed by atoms with Crippen LogP contribution in [-0.4, -0.2) is 25.8 Å². The van der Waals surface area contributed by atoms with Gasteiger partial charge < -0.3 is 9.47 Å². The molecule has 0 atom stereocenters. The molecule has 1 aromatic rings. The van der Waals surface area contributed by atoms with E-state index in [2.05, 4.69) is 29.1 Å². The van der Waals surface area contributed by atoms with Crippen molar-refractivity contribution >= 4 is 22.2 Å². The normalized spacial score (nSPS) is 8.89. The van der Waals surface area contributed by atoms with E-state index < -0.39 is 0 Å². The van der Waals surface area contributed by atoms with Crippen molar-refractivity contribution in [3.63, 3.8) is 0 Å². The van der Waals surface area contributed by atoms with Gasteiger partial charge in [-0.1, -0.05) is 28.1 Å². The fraction of sp³-hybridized carbons (Fsp3) is 0.400. The number of halogens is 1. The lowest BCUT2D eigenvalue weighted by Gasteiger charge is -2.09. The molecule has 3 nitrogen and oxygen atoms in total. The van der Waals surface area contributed by atoms with Crippen LogP contribution in [0.2, 0.25) is 0 Å². The maximum atomic E-state index is 10.1. The standard InChI is InChI=1S/C7H5BrO.C6H14O2.C2H4/c8-7-3-1-6(5-9)2-4-7;1-4-7-6(3)8-5-2;1-2/h1-5H;6H,4-5H2,1-3H3;1-2H2. The molecule has 0 fully saturated rings. The van der Waals surface area contributed by atoms with Gasteiger partial charge in [-0.05, 0) is 32.9 Å². The number of rotatable bonds is 5. The van der Waals surface area contributed by atoms with Crippen LogP contribution in [-0.2, 0) is 9.47 Å². The summed E-state index contributed by atoms with van der Waals surface area (Å²) >= 11 is 3.26. The molecule has 1 rings (SSSR count). The molecule has 0 saturated carbocycles. The second kappa shape index (κ2) is 15.1. The van der Waals surface area contributed by atoms with Crippen molar-refractivity contribution in [1.29, 1.82) is 0 Å². The summed E-state index contributed by atoms with van der Waals surface area (Å²) in [5, 5.41) is 0. The van der Waals surface area contributed by atoms with Gasteiger partial charge in [0.15, 0.2) is 6.29 Å². The van der Waals surface area contributed by atoms with Crippen LogP contribution in [0, 0.1) is 0 Å². The quantitative estimate of drug-likeness (QED) is 0.454. The van der Waals surface area contributed by atoms with Crippen molar-refractivity contribution in [2.24, 2.45) is 0 Å². The molecule has 108 valence electrons. The van der Waals surface area contributed by atoms with Gasteiger partial charge in [0.1, 0.15) is 6.29 Å². The molecule has 0 aliphatic carbocycles. The molecule has 0 N–H and O–H groups in total. The lowest BCUT2D eigenvalue weighted by molar-refractivity contribution is -0.123. The summed E-state index contributed by atoms with van der Waals surface area (Å²) in [6.45, 7) is 13.3. The van der Waals surface area contributed by atoms with Gasteiger partial charge >= 0.3 is 0 Å². The highest BCUT2D eigenvalue weighted by atomic mass is 79.9. The van der Waals surface area contributed by atoms with E-state index in [1.807, 2.05) is 32.9 Å². The molecule has 1 aromatic carbocycles. The predicted molar refractivity (Wildman–Crippen MR) is 83.5 cm³/mol. The SMILES string of the molecule is C=C.CCOC(C)OCC.O=Cc1ccc(Br)cc1. The Morgan fingerprint density at radius 3 is 1.89 bits per heavy atom. The smallest absolute Gasteiger partial charge is 0.154 e. The van der Waals surface area contributed by atoms with Crippen LogP contribution >= 0.6 is 15.9 Å². The molecule has 0 saturated heterocycles. The first-order valence-corrected chi connectivity index (χ1v) is 6.87. The zero-order chi connectivity index (χ0) is 15.1. The van der Waals surface area contributed by atoms with Crippen molar-refractivity contribution in [3.05, 3.63) is 47.5 Å². The number of hydrogen-bond acceptors (Lipinski definition) is 3. The molecule has 0 aliphatic heterocycles. The van der Waals surface area contributed by atoms with Crippen molar-refractivity contribution < 1.29 is 14.3 Å². The Balaban J connectivity index is 0. The first-order valence-electron chi connectivity index (χ1n) is 6.08. The third-order valence-corrected chi connectivity index (χ3v) is 2.34. The van der Waals surface area contributed by atoms with E-state index >= 15 is 0 Å². The molecule has 19 heavy (non-hydrogen) atoms. The zero-order valence-electron chi connectivity index (χ0n) is 11.9. The average Bonchev–Trinajstić information content (AvgIpc) is 2.43. The minimum atomic E-state index is -0.0370. The minimum absolute atomic E-state index is 0.0370. The summed E-state index contributed by atoms with van der Waals surface area (Å²) in [6.07, 6.45) is 0.789. The number of hydrogen-bond donors (Lipinski definition) is 0. The van der Waals surface area contributed by atoms with E-state index in [-0.39, 0.29) is 6.29 Å². The van der Waals surface area contributed by atoms with Crippen molar-refractivity contribution in [2.45, 2.75) is 27.1 Å². The number of carbonyl (C=O) groups is 1. The van der Waals surface area contributed by atoms with Crippen LogP contribution in [0.25, 0.3) is 0 Å². The molecule has 0 radical (unpaired) electrons. The fourth-order valence-corrected chi connectivity index (χ4v) is 1.32. The van der Waals surface area contributed by atoms with Crippen LogP contribution in [0.4, 0.5) is 0 Å². The largest absolute Gasteiger partial charge is 0.353 e. The summed E-state index contributed by atoms with van der Waals surface area (Å²) in [5.41, 5.74) is 0.707. The van der Waals surface area contributed by atoms with Crippen molar-refractivity contribution in [2.75, 3.05) is 13.2 Å². The van der Waals surface area contributed by atoms with Crippen molar-refractivity contribution in [1.82, 2.24) is 0 Å². The topological polar surface area (TPSA) is 35.5 Å². The van der Waals surface area contributed by atoms with Gasteiger partial charge in [0.25, 0.3) is 0 Å². The molecular weight excluding hydrogens is 308 g/mol. The van der Waals surface area contributed by atoms with E-state index in [4.69, 9.17) is 9.47 Å². The third kappa shape index (κ3) is 13.3. The highest BCUT2D eigenvalue weighted by Crippen LogP contribution is 2.08. The molecule has 0 bridgehead atoms. The minimum Gasteiger partial charge on any atom is -0.353 e. The molecular formula is C15H23BrO3. The van der Waals surface area contributed by atoms with Crippen LogP contribution < -0.4 is 0 Å². The van der Waals surface area contributed by atoms with Crippen LogP contribution in [0.1, 0.15) is 31.1 Å². The Bertz CT molecular complexity index is 306. The Morgan fingerprint density at radius 2 is 1.58 bits per heavy atom. The van der Waals surface area contributed by atoms with E-state index in [1.165, 1.54) is 0 Å². The number of benzene rings is 1. The van der Waals surface area contributed by atoms with Crippen molar-refractivity contribution in [3.8, 4) is 0 Å². The summed E-state index contributed by atoms with van der Waals surface area (Å²) < 4.78 is 11.1. The second-order valence-corrected chi connectivity index (χ2v) is 4.06. The molecule has 0 aliphatic rings. The highest BCUT2D eigenvalue weighted by Gasteiger charge is 1.94. The highest BCUT2D eigenvalue weighted by molar-refractivity contribution is 9.10. The molecule has 4 heteroatoms. The van der Waals surface area contributed by atoms with Gasteiger partial charge in [0.05, 0.1) is 0 Å². The van der Waals surface area contributed by atoms with E-state index in [0.29, 0.717) is 5.56 Å². The number of ether oxygens (including phenoxy) is 2. The third-order valence-electron chi connectivity index (χ3n) is 1.81. The maximum Gasteiger partial charge on any atom is 0.154 e. The van der Waals surface area contributed by atoms with E-state index in [1.54, 1.807) is 12.1 Å². The van der Waals surface area contributed by atoms with Gasteiger partial charge in [-0.2, -0.15) is 0 Å². The van der Waals surface area contributed by atoms with Gasteiger partial charge in [0.2, 0.25) is 0 Å².